The third kappa shape index (κ3) is 3.06. The molecule has 0 saturated heterocycles. The molecule has 1 aromatic heterocycles. The highest BCUT2D eigenvalue weighted by atomic mass is 16.5. The zero-order valence-electron chi connectivity index (χ0n) is 9.23. The lowest BCUT2D eigenvalue weighted by molar-refractivity contribution is 0.213. The summed E-state index contributed by atoms with van der Waals surface area (Å²) in [7, 11) is 1.64. The van der Waals surface area contributed by atoms with E-state index < -0.39 is 6.10 Å². The molecule has 1 atom stereocenters. The normalized spacial score (nSPS) is 12.2. The molecule has 1 heterocycles. The average Bonchev–Trinajstić information content (AvgIpc) is 2.26. The van der Waals surface area contributed by atoms with Crippen LogP contribution in [0.5, 0.6) is 5.75 Å². The second-order valence-corrected chi connectivity index (χ2v) is 3.42. The van der Waals surface area contributed by atoms with E-state index in [9.17, 15) is 5.11 Å². The first-order chi connectivity index (χ1) is 7.19. The van der Waals surface area contributed by atoms with Crippen molar-refractivity contribution < 1.29 is 9.84 Å². The van der Waals surface area contributed by atoms with Crippen LogP contribution in [0.15, 0.2) is 24.9 Å². The maximum atomic E-state index is 9.39. The monoisotopic (exact) mass is 207 g/mol. The van der Waals surface area contributed by atoms with Gasteiger partial charge in [0.05, 0.1) is 13.2 Å². The summed E-state index contributed by atoms with van der Waals surface area (Å²) in [6, 6.07) is 1.84. The predicted octanol–water partition coefficient (Wildman–Crippen LogP) is 1.88. The van der Waals surface area contributed by atoms with Crippen LogP contribution in [-0.2, 0) is 6.42 Å². The minimum Gasteiger partial charge on any atom is -0.496 e. The van der Waals surface area contributed by atoms with Gasteiger partial charge in [0.2, 0.25) is 0 Å². The van der Waals surface area contributed by atoms with E-state index in [4.69, 9.17) is 4.74 Å². The highest BCUT2D eigenvalue weighted by Gasteiger charge is 2.08. The lowest BCUT2D eigenvalue weighted by Gasteiger charge is -2.11. The largest absolute Gasteiger partial charge is 0.496 e. The standard InChI is InChI=1S/C12H17NO2/c1-4-10(14)5-6-11-9(2)13-8-7-12(11)15-3/h4,7-8,10,14H,1,5-6H2,2-3H3. The number of hydrogen-bond donors (Lipinski definition) is 1. The quantitative estimate of drug-likeness (QED) is 0.749. The van der Waals surface area contributed by atoms with Gasteiger partial charge in [-0.3, -0.25) is 4.98 Å². The van der Waals surface area contributed by atoms with E-state index in [-0.39, 0.29) is 0 Å². The Morgan fingerprint density at radius 3 is 3.00 bits per heavy atom. The van der Waals surface area contributed by atoms with Crippen LogP contribution in [0.25, 0.3) is 0 Å². The Kier molecular flexibility index (Phi) is 4.31. The van der Waals surface area contributed by atoms with Crippen LogP contribution in [0.3, 0.4) is 0 Å². The second kappa shape index (κ2) is 5.51. The van der Waals surface area contributed by atoms with Gasteiger partial charge in [-0.2, -0.15) is 0 Å². The topological polar surface area (TPSA) is 42.4 Å². The fourth-order valence-corrected chi connectivity index (χ4v) is 1.48. The number of pyridine rings is 1. The smallest absolute Gasteiger partial charge is 0.125 e. The zero-order valence-corrected chi connectivity index (χ0v) is 9.23. The number of methoxy groups -OCH3 is 1. The Balaban J connectivity index is 2.78. The molecule has 82 valence electrons. The summed E-state index contributed by atoms with van der Waals surface area (Å²) in [6.07, 6.45) is 4.19. The number of nitrogens with zero attached hydrogens (tertiary/aromatic N) is 1. The van der Waals surface area contributed by atoms with E-state index in [1.807, 2.05) is 13.0 Å². The molecule has 0 aromatic carbocycles. The molecule has 3 nitrogen and oxygen atoms in total. The van der Waals surface area contributed by atoms with Crippen molar-refractivity contribution in [1.29, 1.82) is 0 Å². The molecule has 0 aliphatic carbocycles. The van der Waals surface area contributed by atoms with Gasteiger partial charge >= 0.3 is 0 Å². The van der Waals surface area contributed by atoms with Gasteiger partial charge in [-0.15, -0.1) is 6.58 Å². The second-order valence-electron chi connectivity index (χ2n) is 3.42. The molecular weight excluding hydrogens is 190 g/mol. The Morgan fingerprint density at radius 2 is 2.40 bits per heavy atom. The molecule has 0 aliphatic heterocycles. The zero-order chi connectivity index (χ0) is 11.3. The van der Waals surface area contributed by atoms with E-state index in [1.165, 1.54) is 6.08 Å². The van der Waals surface area contributed by atoms with Gasteiger partial charge in [-0.25, -0.2) is 0 Å². The Labute approximate surface area is 90.4 Å². The summed E-state index contributed by atoms with van der Waals surface area (Å²) in [5, 5.41) is 9.39. The Morgan fingerprint density at radius 1 is 1.67 bits per heavy atom. The van der Waals surface area contributed by atoms with Gasteiger partial charge in [0.25, 0.3) is 0 Å². The van der Waals surface area contributed by atoms with Crippen LogP contribution in [0.4, 0.5) is 0 Å². The molecule has 0 fully saturated rings. The van der Waals surface area contributed by atoms with Gasteiger partial charge < -0.3 is 9.84 Å². The van der Waals surface area contributed by atoms with E-state index in [0.717, 1.165) is 23.4 Å². The number of rotatable bonds is 5. The summed E-state index contributed by atoms with van der Waals surface area (Å²) in [5.74, 6) is 0.832. The highest BCUT2D eigenvalue weighted by molar-refractivity contribution is 5.35. The molecule has 1 aromatic rings. The lowest BCUT2D eigenvalue weighted by atomic mass is 10.0. The fraction of sp³-hybridized carbons (Fsp3) is 0.417. The van der Waals surface area contributed by atoms with Gasteiger partial charge in [-0.1, -0.05) is 6.08 Å². The van der Waals surface area contributed by atoms with Crippen LogP contribution in [0, 0.1) is 6.92 Å². The summed E-state index contributed by atoms with van der Waals surface area (Å²) in [6.45, 7) is 5.48. The molecule has 1 rings (SSSR count). The van der Waals surface area contributed by atoms with Crippen molar-refractivity contribution >= 4 is 0 Å². The lowest BCUT2D eigenvalue weighted by Crippen LogP contribution is -2.06. The fourth-order valence-electron chi connectivity index (χ4n) is 1.48. The third-order valence-corrected chi connectivity index (χ3v) is 2.41. The first kappa shape index (κ1) is 11.7. The van der Waals surface area contributed by atoms with Gasteiger partial charge in [0.1, 0.15) is 5.75 Å². The molecule has 0 radical (unpaired) electrons. The number of aromatic nitrogens is 1. The van der Waals surface area contributed by atoms with Gasteiger partial charge in [0.15, 0.2) is 0 Å². The first-order valence-corrected chi connectivity index (χ1v) is 4.98. The molecule has 3 heteroatoms. The third-order valence-electron chi connectivity index (χ3n) is 2.41. The van der Waals surface area contributed by atoms with Crippen LogP contribution >= 0.6 is 0 Å². The molecule has 0 bridgehead atoms. The Bertz CT molecular complexity index is 336. The van der Waals surface area contributed by atoms with Gasteiger partial charge in [-0.05, 0) is 25.8 Å². The highest BCUT2D eigenvalue weighted by Crippen LogP contribution is 2.21. The van der Waals surface area contributed by atoms with Crippen molar-refractivity contribution in [1.82, 2.24) is 4.98 Å². The molecule has 0 saturated carbocycles. The number of hydrogen-bond acceptors (Lipinski definition) is 3. The maximum absolute atomic E-state index is 9.39. The van der Waals surface area contributed by atoms with Crippen LogP contribution in [0.2, 0.25) is 0 Å². The Hall–Kier alpha value is -1.35. The first-order valence-electron chi connectivity index (χ1n) is 4.98. The van der Waals surface area contributed by atoms with Crippen molar-refractivity contribution in [2.45, 2.75) is 25.9 Å². The van der Waals surface area contributed by atoms with Crippen molar-refractivity contribution in [3.63, 3.8) is 0 Å². The predicted molar refractivity (Wildman–Crippen MR) is 60.1 cm³/mol. The summed E-state index contributed by atoms with van der Waals surface area (Å²) in [4.78, 5) is 4.20. The van der Waals surface area contributed by atoms with Crippen molar-refractivity contribution in [3.8, 4) is 5.75 Å². The minimum atomic E-state index is -0.464. The van der Waals surface area contributed by atoms with Crippen molar-refractivity contribution in [2.75, 3.05) is 7.11 Å². The number of aryl methyl sites for hydroxylation is 1. The molecule has 1 N–H and O–H groups in total. The van der Waals surface area contributed by atoms with Crippen molar-refractivity contribution in [2.24, 2.45) is 0 Å². The SMILES string of the molecule is C=CC(O)CCc1c(OC)ccnc1C. The van der Waals surface area contributed by atoms with E-state index >= 15 is 0 Å². The van der Waals surface area contributed by atoms with Crippen LogP contribution < -0.4 is 4.74 Å². The minimum absolute atomic E-state index is 0.464. The summed E-state index contributed by atoms with van der Waals surface area (Å²) < 4.78 is 5.24. The molecular formula is C12H17NO2. The van der Waals surface area contributed by atoms with E-state index in [2.05, 4.69) is 11.6 Å². The average molecular weight is 207 g/mol. The molecule has 0 spiro atoms. The number of aliphatic hydroxyl groups is 1. The van der Waals surface area contributed by atoms with E-state index in [0.29, 0.717) is 6.42 Å². The molecule has 15 heavy (non-hydrogen) atoms. The summed E-state index contributed by atoms with van der Waals surface area (Å²) in [5.41, 5.74) is 2.01. The van der Waals surface area contributed by atoms with Crippen LogP contribution in [-0.4, -0.2) is 23.3 Å². The molecule has 0 aliphatic rings. The van der Waals surface area contributed by atoms with Crippen LogP contribution in [0.1, 0.15) is 17.7 Å². The number of ether oxygens (including phenoxy) is 1. The van der Waals surface area contributed by atoms with Crippen molar-refractivity contribution in [3.05, 3.63) is 36.2 Å². The molecule has 0 amide bonds. The van der Waals surface area contributed by atoms with E-state index in [1.54, 1.807) is 13.3 Å². The maximum Gasteiger partial charge on any atom is 0.125 e. The number of aliphatic hydroxyl groups excluding tert-OH is 1. The van der Waals surface area contributed by atoms with Gasteiger partial charge in [0, 0.05) is 17.5 Å². The summed E-state index contributed by atoms with van der Waals surface area (Å²) >= 11 is 0. The molecule has 1 unspecified atom stereocenters.